The molecule has 0 spiro atoms. The van der Waals surface area contributed by atoms with E-state index in [2.05, 4.69) is 25.1 Å². The lowest BCUT2D eigenvalue weighted by molar-refractivity contribution is 0.110. The number of unbranched alkanes of at least 4 members (excludes halogenated alkanes) is 3. The van der Waals surface area contributed by atoms with Crippen molar-refractivity contribution < 1.29 is 4.74 Å². The first kappa shape index (κ1) is 11.7. The van der Waals surface area contributed by atoms with Gasteiger partial charge in [0.1, 0.15) is 0 Å². The van der Waals surface area contributed by atoms with E-state index in [0.717, 1.165) is 26.1 Å². The number of aryl methyl sites for hydroxylation is 1. The minimum absolute atomic E-state index is 0.808. The summed E-state index contributed by atoms with van der Waals surface area (Å²) in [5.41, 5.74) is 4.35. The fraction of sp³-hybridized carbons (Fsp3) is 0.533. The predicted octanol–water partition coefficient (Wildman–Crippen LogP) is 3.70. The molecule has 0 aliphatic carbocycles. The van der Waals surface area contributed by atoms with Crippen LogP contribution in [0.2, 0.25) is 0 Å². The molecule has 0 N–H and O–H groups in total. The highest BCUT2D eigenvalue weighted by molar-refractivity contribution is 5.32. The van der Waals surface area contributed by atoms with E-state index in [4.69, 9.17) is 4.74 Å². The van der Waals surface area contributed by atoms with E-state index in [0.29, 0.717) is 0 Å². The maximum atomic E-state index is 5.49. The number of rotatable bonds is 5. The van der Waals surface area contributed by atoms with Crippen LogP contribution in [0.1, 0.15) is 42.4 Å². The first-order chi connectivity index (χ1) is 7.90. The average molecular weight is 217 g/mol. The summed E-state index contributed by atoms with van der Waals surface area (Å²) in [4.78, 5) is 0. The summed E-state index contributed by atoms with van der Waals surface area (Å²) in [6.45, 7) is 5.56. The molecule has 1 aliphatic heterocycles. The highest BCUT2D eigenvalue weighted by atomic mass is 16.5. The predicted molar refractivity (Wildman–Crippen MR) is 67.3 cm³/mol. The van der Waals surface area contributed by atoms with E-state index >= 15 is 0 Å². The molecule has 1 aromatic rings. The first-order valence-electron chi connectivity index (χ1n) is 6.38. The van der Waals surface area contributed by atoms with Crippen molar-refractivity contribution in [3.8, 4) is 0 Å². The van der Waals surface area contributed by atoms with Gasteiger partial charge in [-0.3, -0.25) is 0 Å². The Morgan fingerprint density at radius 3 is 2.94 bits per heavy atom. The van der Waals surface area contributed by atoms with E-state index < -0.39 is 0 Å². The number of hydrogen-bond acceptors (Lipinski definition) is 1. The van der Waals surface area contributed by atoms with Crippen molar-refractivity contribution >= 4 is 0 Å². The third-order valence-electron chi connectivity index (χ3n) is 3.26. The summed E-state index contributed by atoms with van der Waals surface area (Å²) in [6, 6.07) is 6.90. The van der Waals surface area contributed by atoms with E-state index in [1.807, 2.05) is 0 Å². The molecule has 1 heterocycles. The largest absolute Gasteiger partial charge is 0.376 e. The van der Waals surface area contributed by atoms with Gasteiger partial charge in [-0.2, -0.15) is 0 Å². The van der Waals surface area contributed by atoms with Crippen molar-refractivity contribution in [1.29, 1.82) is 0 Å². The quantitative estimate of drug-likeness (QED) is 0.683. The minimum Gasteiger partial charge on any atom is -0.376 e. The molecule has 0 amide bonds. The molecule has 1 nitrogen and oxygen atoms in total. The van der Waals surface area contributed by atoms with Crippen molar-refractivity contribution in [2.45, 2.75) is 45.1 Å². The molecule has 0 bridgehead atoms. The molecular formula is C15H21O. The normalized spacial score (nSPS) is 14.8. The van der Waals surface area contributed by atoms with E-state index in [1.54, 1.807) is 0 Å². The lowest BCUT2D eigenvalue weighted by Gasteiger charge is -2.17. The van der Waals surface area contributed by atoms with Gasteiger partial charge in [0.05, 0.1) is 13.2 Å². The SMILES string of the molecule is [CH2]CCCCCc1ccc2c(c1)COCC2. The zero-order valence-corrected chi connectivity index (χ0v) is 10.0. The van der Waals surface area contributed by atoms with Crippen LogP contribution in [0.3, 0.4) is 0 Å². The smallest absolute Gasteiger partial charge is 0.0719 e. The van der Waals surface area contributed by atoms with Gasteiger partial charge in [-0.25, -0.2) is 0 Å². The van der Waals surface area contributed by atoms with Crippen molar-refractivity contribution in [2.24, 2.45) is 0 Å². The van der Waals surface area contributed by atoms with Crippen molar-refractivity contribution in [1.82, 2.24) is 0 Å². The molecule has 16 heavy (non-hydrogen) atoms. The third kappa shape index (κ3) is 3.08. The summed E-state index contributed by atoms with van der Waals surface area (Å²) >= 11 is 0. The van der Waals surface area contributed by atoms with Crippen molar-refractivity contribution in [2.75, 3.05) is 6.61 Å². The molecule has 0 aromatic heterocycles. The highest BCUT2D eigenvalue weighted by Gasteiger charge is 2.09. The van der Waals surface area contributed by atoms with Crippen molar-refractivity contribution in [3.05, 3.63) is 41.8 Å². The Labute approximate surface area is 98.8 Å². The van der Waals surface area contributed by atoms with Crippen LogP contribution in [0.4, 0.5) is 0 Å². The maximum Gasteiger partial charge on any atom is 0.0719 e. The van der Waals surface area contributed by atoms with Gasteiger partial charge >= 0.3 is 0 Å². The van der Waals surface area contributed by atoms with Gasteiger partial charge in [0.25, 0.3) is 0 Å². The van der Waals surface area contributed by atoms with Crippen LogP contribution in [0, 0.1) is 6.92 Å². The van der Waals surface area contributed by atoms with Crippen LogP contribution >= 0.6 is 0 Å². The summed E-state index contributed by atoms with van der Waals surface area (Å²) in [7, 11) is 0. The van der Waals surface area contributed by atoms with Crippen LogP contribution in [0.15, 0.2) is 18.2 Å². The van der Waals surface area contributed by atoms with Crippen LogP contribution in [-0.4, -0.2) is 6.61 Å². The Kier molecular flexibility index (Phi) is 4.41. The van der Waals surface area contributed by atoms with Gasteiger partial charge in [-0.1, -0.05) is 44.4 Å². The highest BCUT2D eigenvalue weighted by Crippen LogP contribution is 2.19. The molecule has 87 valence electrons. The average Bonchev–Trinajstić information content (AvgIpc) is 2.34. The number of benzene rings is 1. The molecule has 1 heteroatoms. The van der Waals surface area contributed by atoms with Gasteiger partial charge in [0.15, 0.2) is 0 Å². The summed E-state index contributed by atoms with van der Waals surface area (Å²) in [5, 5.41) is 0. The Bertz CT molecular complexity index is 330. The summed E-state index contributed by atoms with van der Waals surface area (Å²) in [6.07, 6.45) is 7.20. The summed E-state index contributed by atoms with van der Waals surface area (Å²) in [5.74, 6) is 0. The molecule has 1 radical (unpaired) electrons. The molecule has 2 rings (SSSR count). The zero-order chi connectivity index (χ0) is 11.2. The monoisotopic (exact) mass is 217 g/mol. The fourth-order valence-corrected chi connectivity index (χ4v) is 2.26. The Hall–Kier alpha value is -0.820. The molecule has 0 saturated carbocycles. The molecule has 1 aromatic carbocycles. The second-order valence-corrected chi connectivity index (χ2v) is 4.57. The Morgan fingerprint density at radius 1 is 1.12 bits per heavy atom. The maximum absolute atomic E-state index is 5.49. The first-order valence-corrected chi connectivity index (χ1v) is 6.38. The Morgan fingerprint density at radius 2 is 2.06 bits per heavy atom. The van der Waals surface area contributed by atoms with Crippen LogP contribution in [0.5, 0.6) is 0 Å². The second-order valence-electron chi connectivity index (χ2n) is 4.57. The van der Waals surface area contributed by atoms with Gasteiger partial charge in [0.2, 0.25) is 0 Å². The zero-order valence-electron chi connectivity index (χ0n) is 10.0. The van der Waals surface area contributed by atoms with E-state index in [1.165, 1.54) is 42.4 Å². The summed E-state index contributed by atoms with van der Waals surface area (Å²) < 4.78 is 5.49. The van der Waals surface area contributed by atoms with Gasteiger partial charge in [0, 0.05) is 0 Å². The van der Waals surface area contributed by atoms with Crippen molar-refractivity contribution in [3.63, 3.8) is 0 Å². The van der Waals surface area contributed by atoms with Gasteiger partial charge in [-0.15, -0.1) is 0 Å². The minimum atomic E-state index is 0.808. The molecule has 0 fully saturated rings. The second kappa shape index (κ2) is 6.05. The van der Waals surface area contributed by atoms with Gasteiger partial charge in [-0.05, 0) is 36.0 Å². The number of ether oxygens (including phenoxy) is 1. The molecular weight excluding hydrogens is 196 g/mol. The fourth-order valence-electron chi connectivity index (χ4n) is 2.26. The lowest BCUT2D eigenvalue weighted by Crippen LogP contribution is -2.09. The van der Waals surface area contributed by atoms with Crippen LogP contribution < -0.4 is 0 Å². The lowest BCUT2D eigenvalue weighted by atomic mass is 9.98. The molecule has 0 atom stereocenters. The topological polar surface area (TPSA) is 9.23 Å². The van der Waals surface area contributed by atoms with Gasteiger partial charge < -0.3 is 4.74 Å². The standard InChI is InChI=1S/C15H21O/c1-2-3-4-5-6-13-7-8-14-9-10-16-12-15(14)11-13/h7-8,11H,1-6,9-10,12H2. The molecule has 1 aliphatic rings. The molecule has 0 saturated heterocycles. The number of hydrogen-bond donors (Lipinski definition) is 0. The Balaban J connectivity index is 1.90. The number of fused-ring (bicyclic) bond motifs is 1. The molecule has 0 unspecified atom stereocenters. The third-order valence-corrected chi connectivity index (χ3v) is 3.26. The van der Waals surface area contributed by atoms with Crippen LogP contribution in [-0.2, 0) is 24.2 Å². The van der Waals surface area contributed by atoms with Crippen LogP contribution in [0.25, 0.3) is 0 Å². The van der Waals surface area contributed by atoms with E-state index in [-0.39, 0.29) is 0 Å². The van der Waals surface area contributed by atoms with E-state index in [9.17, 15) is 0 Å².